The van der Waals surface area contributed by atoms with Crippen LogP contribution in [0.4, 0.5) is 4.39 Å². The number of aromatic amines is 1. The Morgan fingerprint density at radius 3 is 2.88 bits per heavy atom. The molecule has 3 heterocycles. The third-order valence-electron chi connectivity index (χ3n) is 4.18. The molecule has 13 heteroatoms. The summed E-state index contributed by atoms with van der Waals surface area (Å²) in [5.74, 6) is -1.25. The van der Waals surface area contributed by atoms with E-state index in [1.165, 1.54) is 6.92 Å². The summed E-state index contributed by atoms with van der Waals surface area (Å²) in [6.07, 6.45) is -2.62. The number of carboxylic acids is 1. The lowest BCUT2D eigenvalue weighted by Gasteiger charge is -2.41. The summed E-state index contributed by atoms with van der Waals surface area (Å²) in [5, 5.41) is 11.2. The van der Waals surface area contributed by atoms with Crippen LogP contribution < -0.4 is 16.3 Å². The molecule has 0 bridgehead atoms. The highest BCUT2D eigenvalue weighted by atomic mass is 31.2. The van der Waals surface area contributed by atoms with Crippen molar-refractivity contribution in [2.24, 2.45) is 0 Å². The molecule has 0 saturated carbocycles. The lowest BCUT2D eigenvalue weighted by molar-refractivity contribution is -0.139. The van der Waals surface area contributed by atoms with Gasteiger partial charge in [0, 0.05) is 12.3 Å². The molecular weight excluding hydrogens is 376 g/mol. The van der Waals surface area contributed by atoms with E-state index < -0.39 is 55.5 Å². The van der Waals surface area contributed by atoms with E-state index in [4.69, 9.17) is 18.9 Å². The highest BCUT2D eigenvalue weighted by molar-refractivity contribution is 7.58. The molecule has 1 aromatic heterocycles. The van der Waals surface area contributed by atoms with Crippen LogP contribution in [0, 0.1) is 0 Å². The van der Waals surface area contributed by atoms with Gasteiger partial charge >= 0.3 is 19.8 Å². The van der Waals surface area contributed by atoms with Crippen LogP contribution in [0.2, 0.25) is 0 Å². The van der Waals surface area contributed by atoms with Crippen molar-refractivity contribution in [3.63, 3.8) is 0 Å². The molecule has 1 aromatic rings. The fourth-order valence-electron chi connectivity index (χ4n) is 2.85. The maximum atomic E-state index is 15.4. The molecular formula is C13H18FN3O8P. The van der Waals surface area contributed by atoms with Crippen molar-refractivity contribution < 1.29 is 33.0 Å². The first-order valence-corrected chi connectivity index (χ1v) is 9.22. The molecule has 1 unspecified atom stereocenters. The second kappa shape index (κ2) is 6.48. The standard InChI is InChI=1S/C13H18FN3O8P/c1-6(10(19)20)16-26(22)23-5-7-9(25-26)13(2,14)11(24-7)17-4-3-8(18)15-12(17)21/h3-4,6-7,9,11,16,22H,5H2,1-2H3,(H,19,20)(H,15,18,21)/t6?,7-,9-,11-,13-/m1/s1. The average Bonchev–Trinajstić information content (AvgIpc) is 2.78. The van der Waals surface area contributed by atoms with Crippen molar-refractivity contribution >= 4 is 14.1 Å². The van der Waals surface area contributed by atoms with Gasteiger partial charge in [0.15, 0.2) is 11.9 Å². The largest absolute Gasteiger partial charge is 0.480 e. The van der Waals surface area contributed by atoms with Gasteiger partial charge in [0.1, 0.15) is 18.2 Å². The molecule has 0 aromatic carbocycles. The molecule has 3 rings (SSSR count). The zero-order chi connectivity index (χ0) is 19.3. The molecule has 2 fully saturated rings. The lowest BCUT2D eigenvalue weighted by Crippen LogP contribution is -2.49. The topological polar surface area (TPSA) is 152 Å². The first-order chi connectivity index (χ1) is 12.0. The Morgan fingerprint density at radius 2 is 2.27 bits per heavy atom. The van der Waals surface area contributed by atoms with Gasteiger partial charge in [-0.3, -0.25) is 23.7 Å². The van der Waals surface area contributed by atoms with Gasteiger partial charge in [-0.25, -0.2) is 14.3 Å². The summed E-state index contributed by atoms with van der Waals surface area (Å²) in [5.41, 5.74) is -3.79. The summed E-state index contributed by atoms with van der Waals surface area (Å²) in [6.45, 7) is 2.11. The molecule has 6 atom stereocenters. The van der Waals surface area contributed by atoms with E-state index in [0.29, 0.717) is 0 Å². The molecule has 0 amide bonds. The highest BCUT2D eigenvalue weighted by Gasteiger charge is 2.61. The second-order valence-corrected chi connectivity index (χ2v) is 7.99. The minimum absolute atomic E-state index is 0.275. The molecule has 0 aliphatic carbocycles. The zero-order valence-corrected chi connectivity index (χ0v) is 14.7. The first kappa shape index (κ1) is 19.1. The number of carboxylic acid groups (broad SMARTS) is 1. The predicted octanol–water partition coefficient (Wildman–Crippen LogP) is -0.690. The summed E-state index contributed by atoms with van der Waals surface area (Å²) < 4.78 is 32.3. The smallest absolute Gasteiger partial charge is 0.330 e. The summed E-state index contributed by atoms with van der Waals surface area (Å²) in [6, 6.07) is -0.157. The molecule has 1 radical (unpaired) electrons. The van der Waals surface area contributed by atoms with E-state index in [1.807, 2.05) is 4.98 Å². The van der Waals surface area contributed by atoms with Crippen LogP contribution in [0.1, 0.15) is 20.1 Å². The number of aromatic nitrogens is 2. The maximum absolute atomic E-state index is 15.4. The number of hydrogen-bond acceptors (Lipinski definition) is 8. The zero-order valence-electron chi connectivity index (χ0n) is 13.8. The summed E-state index contributed by atoms with van der Waals surface area (Å²) >= 11 is 0. The van der Waals surface area contributed by atoms with Gasteiger partial charge in [-0.05, 0) is 13.8 Å². The number of H-pyrrole nitrogens is 1. The highest BCUT2D eigenvalue weighted by Crippen LogP contribution is 2.61. The Bertz CT molecular complexity index is 828. The van der Waals surface area contributed by atoms with E-state index in [-0.39, 0.29) is 6.61 Å². The SMILES string of the molecule is CC(N[P@@]1(O)OC[C@H]2O[C@@H](n3ccc(=O)[nH]c3=O)[C@](C)(F)[C@@H]2O1)C(=O)O. The van der Waals surface area contributed by atoms with Gasteiger partial charge < -0.3 is 19.3 Å². The molecule has 4 N–H and O–H groups in total. The van der Waals surface area contributed by atoms with Crippen molar-refractivity contribution in [2.75, 3.05) is 6.61 Å². The van der Waals surface area contributed by atoms with Crippen LogP contribution in [0.25, 0.3) is 0 Å². The number of nitrogens with one attached hydrogen (secondary N) is 2. The molecule has 0 spiro atoms. The number of aliphatic carboxylic acids is 1. The van der Waals surface area contributed by atoms with Crippen molar-refractivity contribution in [3.8, 4) is 0 Å². The molecule has 2 aliphatic heterocycles. The van der Waals surface area contributed by atoms with E-state index in [2.05, 4.69) is 5.09 Å². The van der Waals surface area contributed by atoms with E-state index >= 15 is 4.39 Å². The van der Waals surface area contributed by atoms with Crippen LogP contribution in [0.5, 0.6) is 0 Å². The quantitative estimate of drug-likeness (QED) is 0.486. The van der Waals surface area contributed by atoms with Gasteiger partial charge in [0.05, 0.1) is 6.61 Å². The number of alkyl halides is 1. The Balaban J connectivity index is 1.86. The fraction of sp³-hybridized carbons (Fsp3) is 0.615. The summed E-state index contributed by atoms with van der Waals surface area (Å²) in [4.78, 5) is 46.4. The van der Waals surface area contributed by atoms with Crippen molar-refractivity contribution in [2.45, 2.75) is 44.0 Å². The van der Waals surface area contributed by atoms with Gasteiger partial charge in [0.25, 0.3) is 5.56 Å². The van der Waals surface area contributed by atoms with E-state index in [0.717, 1.165) is 23.8 Å². The summed E-state index contributed by atoms with van der Waals surface area (Å²) in [7, 11) is -3.86. The number of hydrogen-bond donors (Lipinski definition) is 4. The fourth-order valence-corrected chi connectivity index (χ4v) is 4.64. The van der Waals surface area contributed by atoms with Crippen molar-refractivity contribution in [1.82, 2.24) is 14.6 Å². The van der Waals surface area contributed by atoms with Crippen LogP contribution in [0.3, 0.4) is 0 Å². The van der Waals surface area contributed by atoms with E-state index in [9.17, 15) is 19.3 Å². The third-order valence-corrected chi connectivity index (χ3v) is 5.91. The van der Waals surface area contributed by atoms with Gasteiger partial charge in [-0.2, -0.15) is 0 Å². The minimum atomic E-state index is -3.86. The normalized spacial score (nSPS) is 37.9. The molecule has 2 aliphatic rings. The first-order valence-electron chi connectivity index (χ1n) is 7.65. The minimum Gasteiger partial charge on any atom is -0.480 e. The monoisotopic (exact) mass is 394 g/mol. The average molecular weight is 394 g/mol. The Hall–Kier alpha value is -1.69. The molecule has 145 valence electrons. The van der Waals surface area contributed by atoms with Crippen LogP contribution in [-0.4, -0.2) is 56.0 Å². The second-order valence-electron chi connectivity index (χ2n) is 6.23. The molecule has 2 saturated heterocycles. The van der Waals surface area contributed by atoms with Crippen LogP contribution in [-0.2, 0) is 18.6 Å². The molecule has 26 heavy (non-hydrogen) atoms. The number of ether oxygens (including phenoxy) is 1. The maximum Gasteiger partial charge on any atom is 0.330 e. The Kier molecular flexibility index (Phi) is 4.76. The van der Waals surface area contributed by atoms with Gasteiger partial charge in [0.2, 0.25) is 0 Å². The number of rotatable bonds is 4. The van der Waals surface area contributed by atoms with Gasteiger partial charge in [-0.1, -0.05) is 0 Å². The number of carbonyl (C=O) groups is 1. The Labute approximate surface area is 146 Å². The van der Waals surface area contributed by atoms with Gasteiger partial charge in [-0.15, -0.1) is 0 Å². The van der Waals surface area contributed by atoms with Crippen molar-refractivity contribution in [3.05, 3.63) is 33.1 Å². The van der Waals surface area contributed by atoms with Crippen LogP contribution in [0.15, 0.2) is 21.9 Å². The van der Waals surface area contributed by atoms with Crippen LogP contribution >= 0.6 is 8.09 Å². The predicted molar refractivity (Wildman–Crippen MR) is 84.9 cm³/mol. The number of nitrogens with zero attached hydrogens (tertiary/aromatic N) is 1. The number of fused-ring (bicyclic) bond motifs is 1. The third kappa shape index (κ3) is 3.31. The molecule has 11 nitrogen and oxygen atoms in total. The van der Waals surface area contributed by atoms with Crippen molar-refractivity contribution in [1.29, 1.82) is 0 Å². The van der Waals surface area contributed by atoms with E-state index in [1.54, 1.807) is 0 Å². The Morgan fingerprint density at radius 1 is 1.58 bits per heavy atom. The number of halogens is 1. The lowest BCUT2D eigenvalue weighted by atomic mass is 9.98.